The van der Waals surface area contributed by atoms with Crippen molar-refractivity contribution in [2.24, 2.45) is 5.92 Å². The number of nitrogens with two attached hydrogens (primary N) is 1. The van der Waals surface area contributed by atoms with Crippen LogP contribution in [0.4, 0.5) is 5.69 Å². The molecule has 3 nitrogen and oxygen atoms in total. The van der Waals surface area contributed by atoms with Crippen LogP contribution in [-0.2, 0) is 11.2 Å². The predicted molar refractivity (Wildman–Crippen MR) is 74.6 cm³/mol. The minimum atomic E-state index is -0.319. The second-order valence-corrected chi connectivity index (χ2v) is 4.95. The van der Waals surface area contributed by atoms with Crippen LogP contribution in [0.15, 0.2) is 18.2 Å². The third-order valence-electron chi connectivity index (χ3n) is 2.84. The lowest BCUT2D eigenvalue weighted by Gasteiger charge is -2.11. The predicted octanol–water partition coefficient (Wildman–Crippen LogP) is 3.42. The van der Waals surface area contributed by atoms with E-state index in [1.165, 1.54) is 0 Å². The zero-order chi connectivity index (χ0) is 13.5. The van der Waals surface area contributed by atoms with E-state index >= 15 is 0 Å². The summed E-state index contributed by atoms with van der Waals surface area (Å²) in [5.74, 6) is 0.306. The number of carbonyl (C=O) groups is 1. The van der Waals surface area contributed by atoms with Gasteiger partial charge in [-0.3, -0.25) is 0 Å². The lowest BCUT2D eigenvalue weighted by Crippen LogP contribution is -2.10. The second kappa shape index (κ2) is 7.04. The van der Waals surface area contributed by atoms with Gasteiger partial charge in [0.25, 0.3) is 0 Å². The Kier molecular flexibility index (Phi) is 5.69. The van der Waals surface area contributed by atoms with Gasteiger partial charge in [-0.2, -0.15) is 0 Å². The van der Waals surface area contributed by atoms with Crippen molar-refractivity contribution in [3.63, 3.8) is 0 Å². The fourth-order valence-electron chi connectivity index (χ4n) is 1.73. The standard InChI is InChI=1S/C15H23NO2/c1-4-10-18-15(17)13-7-5-6-12(14(13)16)9-8-11(2)3/h5-7,11H,4,8-10,16H2,1-3H3. The minimum absolute atomic E-state index is 0.319. The van der Waals surface area contributed by atoms with Gasteiger partial charge >= 0.3 is 5.97 Å². The average molecular weight is 249 g/mol. The summed E-state index contributed by atoms with van der Waals surface area (Å²) in [6.07, 6.45) is 2.79. The molecule has 0 atom stereocenters. The van der Waals surface area contributed by atoms with Crippen LogP contribution in [0.25, 0.3) is 0 Å². The number of aryl methyl sites for hydroxylation is 1. The van der Waals surface area contributed by atoms with E-state index in [1.54, 1.807) is 6.07 Å². The number of nitrogen functional groups attached to an aromatic ring is 1. The Morgan fingerprint density at radius 1 is 1.39 bits per heavy atom. The average Bonchev–Trinajstić information content (AvgIpc) is 2.34. The Bertz CT molecular complexity index is 399. The zero-order valence-electron chi connectivity index (χ0n) is 11.5. The van der Waals surface area contributed by atoms with E-state index in [-0.39, 0.29) is 5.97 Å². The smallest absolute Gasteiger partial charge is 0.340 e. The quantitative estimate of drug-likeness (QED) is 0.620. The molecule has 0 aromatic heterocycles. The lowest BCUT2D eigenvalue weighted by atomic mass is 9.99. The lowest BCUT2D eigenvalue weighted by molar-refractivity contribution is 0.0506. The van der Waals surface area contributed by atoms with Gasteiger partial charge in [0.2, 0.25) is 0 Å². The van der Waals surface area contributed by atoms with Crippen molar-refractivity contribution in [3.8, 4) is 0 Å². The number of hydrogen-bond acceptors (Lipinski definition) is 3. The van der Waals surface area contributed by atoms with Crippen LogP contribution >= 0.6 is 0 Å². The molecule has 1 rings (SSSR count). The summed E-state index contributed by atoms with van der Waals surface area (Å²) in [6.45, 7) is 6.76. The van der Waals surface area contributed by atoms with E-state index in [9.17, 15) is 4.79 Å². The maximum atomic E-state index is 11.8. The largest absolute Gasteiger partial charge is 0.462 e. The van der Waals surface area contributed by atoms with Gasteiger partial charge in [0, 0.05) is 5.69 Å². The third-order valence-corrected chi connectivity index (χ3v) is 2.84. The van der Waals surface area contributed by atoms with Crippen molar-refractivity contribution in [1.29, 1.82) is 0 Å². The van der Waals surface area contributed by atoms with Crippen LogP contribution in [-0.4, -0.2) is 12.6 Å². The first-order valence-corrected chi connectivity index (χ1v) is 6.60. The van der Waals surface area contributed by atoms with Crippen LogP contribution in [0, 0.1) is 5.92 Å². The highest BCUT2D eigenvalue weighted by Crippen LogP contribution is 2.21. The van der Waals surface area contributed by atoms with E-state index in [4.69, 9.17) is 10.5 Å². The molecule has 0 saturated heterocycles. The molecular weight excluding hydrogens is 226 g/mol. The summed E-state index contributed by atoms with van der Waals surface area (Å²) >= 11 is 0. The highest BCUT2D eigenvalue weighted by atomic mass is 16.5. The number of ether oxygens (including phenoxy) is 1. The Morgan fingerprint density at radius 2 is 2.11 bits per heavy atom. The minimum Gasteiger partial charge on any atom is -0.462 e. The van der Waals surface area contributed by atoms with Gasteiger partial charge in [-0.05, 0) is 36.8 Å². The topological polar surface area (TPSA) is 52.3 Å². The number of rotatable bonds is 6. The molecule has 1 aromatic carbocycles. The number of carbonyl (C=O) groups excluding carboxylic acids is 1. The van der Waals surface area contributed by atoms with E-state index in [1.807, 2.05) is 19.1 Å². The molecule has 1 aromatic rings. The fraction of sp³-hybridized carbons (Fsp3) is 0.533. The molecule has 0 radical (unpaired) electrons. The second-order valence-electron chi connectivity index (χ2n) is 4.95. The first-order chi connectivity index (χ1) is 8.56. The number of hydrogen-bond donors (Lipinski definition) is 1. The molecular formula is C15H23NO2. The van der Waals surface area contributed by atoms with Crippen molar-refractivity contribution in [2.75, 3.05) is 12.3 Å². The Morgan fingerprint density at radius 3 is 2.72 bits per heavy atom. The first-order valence-electron chi connectivity index (χ1n) is 6.60. The Labute approximate surface area is 109 Å². The Balaban J connectivity index is 2.80. The summed E-state index contributed by atoms with van der Waals surface area (Å²) in [7, 11) is 0. The summed E-state index contributed by atoms with van der Waals surface area (Å²) in [4.78, 5) is 11.8. The van der Waals surface area contributed by atoms with Gasteiger partial charge in [-0.25, -0.2) is 4.79 Å². The fourth-order valence-corrected chi connectivity index (χ4v) is 1.73. The number of anilines is 1. The number of benzene rings is 1. The molecule has 18 heavy (non-hydrogen) atoms. The van der Waals surface area contributed by atoms with Crippen LogP contribution < -0.4 is 5.73 Å². The van der Waals surface area contributed by atoms with Gasteiger partial charge in [0.15, 0.2) is 0 Å². The van der Waals surface area contributed by atoms with Crippen LogP contribution in [0.3, 0.4) is 0 Å². The van der Waals surface area contributed by atoms with Gasteiger partial charge in [-0.1, -0.05) is 32.9 Å². The van der Waals surface area contributed by atoms with Gasteiger partial charge in [-0.15, -0.1) is 0 Å². The van der Waals surface area contributed by atoms with Crippen molar-refractivity contribution in [2.45, 2.75) is 40.0 Å². The van der Waals surface area contributed by atoms with Crippen molar-refractivity contribution < 1.29 is 9.53 Å². The van der Waals surface area contributed by atoms with Gasteiger partial charge in [0.1, 0.15) is 0 Å². The summed E-state index contributed by atoms with van der Waals surface area (Å²) < 4.78 is 5.12. The first kappa shape index (κ1) is 14.6. The van der Waals surface area contributed by atoms with Crippen molar-refractivity contribution in [1.82, 2.24) is 0 Å². The van der Waals surface area contributed by atoms with E-state index in [0.29, 0.717) is 23.8 Å². The summed E-state index contributed by atoms with van der Waals surface area (Å²) in [5.41, 5.74) is 8.14. The van der Waals surface area contributed by atoms with E-state index in [2.05, 4.69) is 13.8 Å². The maximum Gasteiger partial charge on any atom is 0.340 e. The molecule has 2 N–H and O–H groups in total. The highest BCUT2D eigenvalue weighted by Gasteiger charge is 2.13. The normalized spacial score (nSPS) is 10.7. The molecule has 0 aliphatic carbocycles. The molecule has 0 heterocycles. The highest BCUT2D eigenvalue weighted by molar-refractivity contribution is 5.95. The van der Waals surface area contributed by atoms with E-state index in [0.717, 1.165) is 24.8 Å². The van der Waals surface area contributed by atoms with Crippen molar-refractivity contribution in [3.05, 3.63) is 29.3 Å². The monoisotopic (exact) mass is 249 g/mol. The van der Waals surface area contributed by atoms with Crippen molar-refractivity contribution >= 4 is 11.7 Å². The SMILES string of the molecule is CCCOC(=O)c1cccc(CCC(C)C)c1N. The molecule has 0 fully saturated rings. The zero-order valence-corrected chi connectivity index (χ0v) is 11.5. The van der Waals surface area contributed by atoms with Gasteiger partial charge in [0.05, 0.1) is 12.2 Å². The summed E-state index contributed by atoms with van der Waals surface area (Å²) in [6, 6.07) is 5.58. The molecule has 0 saturated carbocycles. The maximum absolute atomic E-state index is 11.8. The number of esters is 1. The van der Waals surface area contributed by atoms with Crippen LogP contribution in [0.5, 0.6) is 0 Å². The van der Waals surface area contributed by atoms with Crippen LogP contribution in [0.2, 0.25) is 0 Å². The molecule has 0 amide bonds. The number of para-hydroxylation sites is 1. The third kappa shape index (κ3) is 4.06. The molecule has 0 aliphatic rings. The molecule has 100 valence electrons. The molecule has 0 unspecified atom stereocenters. The molecule has 0 spiro atoms. The Hall–Kier alpha value is -1.51. The molecule has 0 bridgehead atoms. The summed E-state index contributed by atoms with van der Waals surface area (Å²) in [5, 5.41) is 0. The van der Waals surface area contributed by atoms with Gasteiger partial charge < -0.3 is 10.5 Å². The van der Waals surface area contributed by atoms with Crippen LogP contribution in [0.1, 0.15) is 49.5 Å². The molecule has 0 aliphatic heterocycles. The van der Waals surface area contributed by atoms with E-state index < -0.39 is 0 Å². The molecule has 3 heteroatoms.